The normalized spacial score (nSPS) is 14.2. The summed E-state index contributed by atoms with van der Waals surface area (Å²) < 4.78 is 1.97. The van der Waals surface area contributed by atoms with Crippen molar-refractivity contribution >= 4 is 0 Å². The zero-order valence-electron chi connectivity index (χ0n) is 12.7. The average Bonchev–Trinajstić information content (AvgIpc) is 2.95. The lowest BCUT2D eigenvalue weighted by Gasteiger charge is -2.19. The fraction of sp³-hybridized carbons (Fsp3) is 0.471. The molecule has 0 saturated carbocycles. The molecule has 0 spiro atoms. The lowest BCUT2D eigenvalue weighted by molar-refractivity contribution is 0.456. The third-order valence-corrected chi connectivity index (χ3v) is 3.72. The van der Waals surface area contributed by atoms with Gasteiger partial charge in [0.1, 0.15) is 0 Å². The summed E-state index contributed by atoms with van der Waals surface area (Å²) in [5.41, 5.74) is 2.67. The molecule has 2 atom stereocenters. The number of hydrogen-bond acceptors (Lipinski definition) is 2. The number of benzene rings is 1. The zero-order valence-corrected chi connectivity index (χ0v) is 12.7. The van der Waals surface area contributed by atoms with Gasteiger partial charge in [-0.3, -0.25) is 4.68 Å². The van der Waals surface area contributed by atoms with Gasteiger partial charge in [-0.1, -0.05) is 30.3 Å². The van der Waals surface area contributed by atoms with E-state index in [0.717, 1.165) is 19.4 Å². The maximum absolute atomic E-state index is 4.33. The van der Waals surface area contributed by atoms with Crippen LogP contribution in [0.5, 0.6) is 0 Å². The van der Waals surface area contributed by atoms with E-state index in [-0.39, 0.29) is 0 Å². The molecule has 0 amide bonds. The molecule has 2 unspecified atom stereocenters. The monoisotopic (exact) mass is 271 g/mol. The first kappa shape index (κ1) is 14.8. The molecule has 1 N–H and O–H groups in total. The van der Waals surface area contributed by atoms with Crippen LogP contribution in [0.25, 0.3) is 0 Å². The second-order valence-electron chi connectivity index (χ2n) is 5.44. The fourth-order valence-electron chi connectivity index (χ4n) is 2.41. The van der Waals surface area contributed by atoms with E-state index in [9.17, 15) is 0 Å². The minimum atomic E-state index is 0.348. The SMILES string of the molecule is CCn1cc(C(C)NC(C)CCc2ccccc2)cn1. The quantitative estimate of drug-likeness (QED) is 0.834. The number of hydrogen-bond donors (Lipinski definition) is 1. The lowest BCUT2D eigenvalue weighted by atomic mass is 10.0. The van der Waals surface area contributed by atoms with Gasteiger partial charge in [0.05, 0.1) is 6.20 Å². The summed E-state index contributed by atoms with van der Waals surface area (Å²) in [6.45, 7) is 7.49. The van der Waals surface area contributed by atoms with Gasteiger partial charge in [-0.25, -0.2) is 0 Å². The van der Waals surface area contributed by atoms with Crippen LogP contribution in [-0.2, 0) is 13.0 Å². The van der Waals surface area contributed by atoms with Gasteiger partial charge < -0.3 is 5.32 Å². The van der Waals surface area contributed by atoms with Crippen LogP contribution in [0.3, 0.4) is 0 Å². The van der Waals surface area contributed by atoms with E-state index in [1.165, 1.54) is 11.1 Å². The Balaban J connectivity index is 1.80. The molecule has 0 aliphatic carbocycles. The van der Waals surface area contributed by atoms with Crippen LogP contribution >= 0.6 is 0 Å². The molecule has 0 bridgehead atoms. The van der Waals surface area contributed by atoms with Gasteiger partial charge in [-0.2, -0.15) is 5.10 Å². The van der Waals surface area contributed by atoms with Crippen LogP contribution in [0, 0.1) is 0 Å². The lowest BCUT2D eigenvalue weighted by Crippen LogP contribution is -2.29. The first-order chi connectivity index (χ1) is 9.69. The molecule has 108 valence electrons. The first-order valence-corrected chi connectivity index (χ1v) is 7.51. The Bertz CT molecular complexity index is 504. The van der Waals surface area contributed by atoms with Crippen molar-refractivity contribution in [3.05, 3.63) is 53.9 Å². The molecule has 0 saturated heterocycles. The molecule has 0 radical (unpaired) electrons. The molecule has 20 heavy (non-hydrogen) atoms. The third kappa shape index (κ3) is 4.20. The Labute approximate surface area is 122 Å². The third-order valence-electron chi connectivity index (χ3n) is 3.72. The Morgan fingerprint density at radius 1 is 1.20 bits per heavy atom. The van der Waals surface area contributed by atoms with E-state index >= 15 is 0 Å². The smallest absolute Gasteiger partial charge is 0.0537 e. The molecule has 0 fully saturated rings. The number of nitrogens with one attached hydrogen (secondary N) is 1. The van der Waals surface area contributed by atoms with Crippen molar-refractivity contribution < 1.29 is 0 Å². The molecular formula is C17H25N3. The van der Waals surface area contributed by atoms with Gasteiger partial charge in [0, 0.05) is 30.4 Å². The minimum Gasteiger partial charge on any atom is -0.308 e. The topological polar surface area (TPSA) is 29.9 Å². The van der Waals surface area contributed by atoms with Crippen LogP contribution < -0.4 is 5.32 Å². The maximum atomic E-state index is 4.33. The summed E-state index contributed by atoms with van der Waals surface area (Å²) in [4.78, 5) is 0. The van der Waals surface area contributed by atoms with E-state index in [2.05, 4.69) is 67.7 Å². The minimum absolute atomic E-state index is 0.348. The van der Waals surface area contributed by atoms with E-state index < -0.39 is 0 Å². The molecule has 0 aliphatic heterocycles. The average molecular weight is 271 g/mol. The predicted molar refractivity (Wildman–Crippen MR) is 83.7 cm³/mol. The van der Waals surface area contributed by atoms with Gasteiger partial charge in [-0.05, 0) is 39.2 Å². The van der Waals surface area contributed by atoms with Gasteiger partial charge in [-0.15, -0.1) is 0 Å². The summed E-state index contributed by atoms with van der Waals surface area (Å²) in [6.07, 6.45) is 6.36. The summed E-state index contributed by atoms with van der Waals surface area (Å²) in [5, 5.41) is 7.98. The molecular weight excluding hydrogens is 246 g/mol. The largest absolute Gasteiger partial charge is 0.308 e. The van der Waals surface area contributed by atoms with Crippen molar-refractivity contribution in [3.63, 3.8) is 0 Å². The molecule has 3 heteroatoms. The molecule has 0 aliphatic rings. The van der Waals surface area contributed by atoms with Gasteiger partial charge in [0.25, 0.3) is 0 Å². The molecule has 2 aromatic rings. The van der Waals surface area contributed by atoms with Crippen molar-refractivity contribution in [1.82, 2.24) is 15.1 Å². The second kappa shape index (κ2) is 7.25. The summed E-state index contributed by atoms with van der Waals surface area (Å²) in [7, 11) is 0. The van der Waals surface area contributed by atoms with Crippen molar-refractivity contribution in [2.75, 3.05) is 0 Å². The second-order valence-corrected chi connectivity index (χ2v) is 5.44. The van der Waals surface area contributed by atoms with Gasteiger partial charge in [0.2, 0.25) is 0 Å². The Morgan fingerprint density at radius 2 is 1.95 bits per heavy atom. The molecule has 1 aromatic carbocycles. The highest BCUT2D eigenvalue weighted by Crippen LogP contribution is 2.13. The highest BCUT2D eigenvalue weighted by atomic mass is 15.3. The molecule has 2 rings (SSSR count). The summed E-state index contributed by atoms with van der Waals surface area (Å²) in [6, 6.07) is 11.5. The van der Waals surface area contributed by atoms with E-state index in [0.29, 0.717) is 12.1 Å². The molecule has 1 aromatic heterocycles. The summed E-state index contributed by atoms with van der Waals surface area (Å²) in [5.74, 6) is 0. The van der Waals surface area contributed by atoms with Crippen molar-refractivity contribution in [3.8, 4) is 0 Å². The maximum Gasteiger partial charge on any atom is 0.0537 e. The van der Waals surface area contributed by atoms with Crippen LogP contribution in [0.2, 0.25) is 0 Å². The van der Waals surface area contributed by atoms with E-state index in [4.69, 9.17) is 0 Å². The van der Waals surface area contributed by atoms with E-state index in [1.807, 2.05) is 10.9 Å². The number of rotatable bonds is 7. The van der Waals surface area contributed by atoms with Crippen molar-refractivity contribution in [2.45, 2.75) is 52.2 Å². The highest BCUT2D eigenvalue weighted by molar-refractivity contribution is 5.15. The van der Waals surface area contributed by atoms with Crippen molar-refractivity contribution in [2.24, 2.45) is 0 Å². The standard InChI is InChI=1S/C17H25N3/c1-4-20-13-17(12-18-20)15(3)19-14(2)10-11-16-8-6-5-7-9-16/h5-9,12-15,19H,4,10-11H2,1-3H3. The Morgan fingerprint density at radius 3 is 2.60 bits per heavy atom. The van der Waals surface area contributed by atoms with Gasteiger partial charge >= 0.3 is 0 Å². The number of aromatic nitrogens is 2. The van der Waals surface area contributed by atoms with Crippen LogP contribution in [-0.4, -0.2) is 15.8 Å². The van der Waals surface area contributed by atoms with E-state index in [1.54, 1.807) is 0 Å². The number of nitrogens with zero attached hydrogens (tertiary/aromatic N) is 2. The first-order valence-electron chi connectivity index (χ1n) is 7.51. The van der Waals surface area contributed by atoms with Crippen LogP contribution in [0.4, 0.5) is 0 Å². The Kier molecular flexibility index (Phi) is 5.36. The van der Waals surface area contributed by atoms with Crippen LogP contribution in [0.1, 0.15) is 44.4 Å². The summed E-state index contributed by atoms with van der Waals surface area (Å²) >= 11 is 0. The highest BCUT2D eigenvalue weighted by Gasteiger charge is 2.11. The van der Waals surface area contributed by atoms with Gasteiger partial charge in [0.15, 0.2) is 0 Å². The molecule has 1 heterocycles. The van der Waals surface area contributed by atoms with Crippen LogP contribution in [0.15, 0.2) is 42.7 Å². The Hall–Kier alpha value is -1.61. The van der Waals surface area contributed by atoms with Crippen molar-refractivity contribution in [1.29, 1.82) is 0 Å². The number of aryl methyl sites for hydroxylation is 2. The molecule has 3 nitrogen and oxygen atoms in total. The zero-order chi connectivity index (χ0) is 14.4. The fourth-order valence-corrected chi connectivity index (χ4v) is 2.41. The predicted octanol–water partition coefficient (Wildman–Crippen LogP) is 3.57.